The number of piperidine rings is 1. The number of carbonyl (C=O) groups excluding carboxylic acids is 1. The Morgan fingerprint density at radius 3 is 3.33 bits per heavy atom. The van der Waals surface area contributed by atoms with Gasteiger partial charge in [0.05, 0.1) is 0 Å². The maximum absolute atomic E-state index is 11.9. The maximum atomic E-state index is 11.9. The molecule has 4 rings (SSSR count). The molecule has 0 aromatic carbocycles. The molecule has 2 aliphatic heterocycles. The molecule has 3 nitrogen and oxygen atoms in total. The first kappa shape index (κ1) is 7.85. The van der Waals surface area contributed by atoms with Crippen molar-refractivity contribution < 1.29 is 4.79 Å². The molecule has 0 bridgehead atoms. The Morgan fingerprint density at radius 1 is 1.47 bits per heavy atom. The highest BCUT2D eigenvalue weighted by molar-refractivity contribution is 5.97. The monoisotopic (exact) mass is 200 g/mol. The Labute approximate surface area is 88.1 Å². The van der Waals surface area contributed by atoms with E-state index >= 15 is 0 Å². The van der Waals surface area contributed by atoms with E-state index in [0.29, 0.717) is 18.4 Å². The van der Waals surface area contributed by atoms with Crippen LogP contribution >= 0.6 is 0 Å². The molecule has 3 heteroatoms. The topological polar surface area (TPSA) is 33.2 Å². The van der Waals surface area contributed by atoms with Crippen molar-refractivity contribution in [2.45, 2.75) is 31.2 Å². The van der Waals surface area contributed by atoms with Gasteiger partial charge in [0.2, 0.25) is 5.91 Å². The number of hydrogen-bond acceptors (Lipinski definition) is 2. The van der Waals surface area contributed by atoms with Gasteiger partial charge in [-0.3, -0.25) is 9.69 Å². The molecule has 3 aliphatic rings. The average Bonchev–Trinajstić information content (AvgIpc) is 2.51. The summed E-state index contributed by atoms with van der Waals surface area (Å²) in [5.74, 6) is 2.54. The Morgan fingerprint density at radius 2 is 2.40 bits per heavy atom. The fraction of sp³-hybridized carbons (Fsp3) is 0.500. The van der Waals surface area contributed by atoms with Crippen molar-refractivity contribution in [2.24, 2.45) is 5.92 Å². The third-order valence-electron chi connectivity index (χ3n) is 4.19. The maximum Gasteiger partial charge on any atom is 0.228 e. The second-order valence-electron chi connectivity index (χ2n) is 4.81. The fourth-order valence-corrected chi connectivity index (χ4v) is 3.48. The lowest BCUT2D eigenvalue weighted by Crippen LogP contribution is -2.54. The first-order valence-corrected chi connectivity index (χ1v) is 5.63. The number of amides is 1. The Bertz CT molecular complexity index is 457. The van der Waals surface area contributed by atoms with E-state index in [4.69, 9.17) is 0 Å². The van der Waals surface area contributed by atoms with Crippen molar-refractivity contribution in [3.8, 4) is 0 Å². The normalized spacial score (nSPS) is 35.9. The van der Waals surface area contributed by atoms with Crippen molar-refractivity contribution in [2.75, 3.05) is 4.90 Å². The predicted molar refractivity (Wildman–Crippen MR) is 55.6 cm³/mol. The number of fused-ring (bicyclic) bond motifs is 3. The van der Waals surface area contributed by atoms with Gasteiger partial charge in [-0.1, -0.05) is 6.07 Å². The molecule has 1 aromatic heterocycles. The van der Waals surface area contributed by atoms with Gasteiger partial charge in [-0.05, 0) is 24.8 Å². The zero-order valence-corrected chi connectivity index (χ0v) is 8.39. The molecule has 1 amide bonds. The molecular formula is C12H12N2O. The lowest BCUT2D eigenvalue weighted by atomic mass is 9.65. The summed E-state index contributed by atoms with van der Waals surface area (Å²) >= 11 is 0. The minimum Gasteiger partial charge on any atom is -0.293 e. The van der Waals surface area contributed by atoms with E-state index in [-0.39, 0.29) is 5.91 Å². The van der Waals surface area contributed by atoms with E-state index in [1.54, 1.807) is 6.20 Å². The van der Waals surface area contributed by atoms with Gasteiger partial charge in [0.25, 0.3) is 0 Å². The molecule has 1 aromatic rings. The summed E-state index contributed by atoms with van der Waals surface area (Å²) in [6.45, 7) is 0. The fourth-order valence-electron chi connectivity index (χ4n) is 3.48. The van der Waals surface area contributed by atoms with E-state index < -0.39 is 0 Å². The summed E-state index contributed by atoms with van der Waals surface area (Å²) in [7, 11) is 0. The van der Waals surface area contributed by atoms with Crippen molar-refractivity contribution >= 4 is 11.7 Å². The second kappa shape index (κ2) is 2.40. The quantitative estimate of drug-likeness (QED) is 0.638. The molecule has 1 saturated carbocycles. The van der Waals surface area contributed by atoms with Crippen LogP contribution in [-0.2, 0) is 4.79 Å². The third-order valence-corrected chi connectivity index (χ3v) is 4.19. The highest BCUT2D eigenvalue weighted by atomic mass is 16.2. The van der Waals surface area contributed by atoms with Crippen LogP contribution in [0.1, 0.15) is 30.7 Å². The second-order valence-corrected chi connectivity index (χ2v) is 4.81. The number of carbonyl (C=O) groups is 1. The summed E-state index contributed by atoms with van der Waals surface area (Å²) in [5, 5.41) is 0. The molecule has 1 saturated heterocycles. The van der Waals surface area contributed by atoms with Gasteiger partial charge in [0, 0.05) is 30.1 Å². The number of aromatic nitrogens is 1. The van der Waals surface area contributed by atoms with Gasteiger partial charge < -0.3 is 0 Å². The molecule has 0 radical (unpaired) electrons. The summed E-state index contributed by atoms with van der Waals surface area (Å²) < 4.78 is 0. The standard InChI is InChI=1S/C12H12N2O/c15-10-4-3-7-6-9-8-2-1-5-13-12(8)14(10)11(7)9/h1-2,5,7,9,11H,3-4,6H2/t7-,9-,11-/m0/s1. The summed E-state index contributed by atoms with van der Waals surface area (Å²) in [4.78, 5) is 18.2. The first-order valence-electron chi connectivity index (χ1n) is 5.63. The lowest BCUT2D eigenvalue weighted by molar-refractivity contribution is -0.122. The molecule has 3 atom stereocenters. The van der Waals surface area contributed by atoms with Gasteiger partial charge >= 0.3 is 0 Å². The lowest BCUT2D eigenvalue weighted by Gasteiger charge is -2.47. The van der Waals surface area contributed by atoms with Crippen LogP contribution < -0.4 is 4.90 Å². The molecule has 76 valence electrons. The van der Waals surface area contributed by atoms with Gasteiger partial charge in [-0.2, -0.15) is 0 Å². The molecule has 1 aliphatic carbocycles. The van der Waals surface area contributed by atoms with Gasteiger partial charge in [-0.25, -0.2) is 4.98 Å². The van der Waals surface area contributed by atoms with Crippen LogP contribution in [0.25, 0.3) is 0 Å². The Hall–Kier alpha value is -1.38. The highest BCUT2D eigenvalue weighted by Crippen LogP contribution is 2.57. The number of hydrogen-bond donors (Lipinski definition) is 0. The molecule has 2 fully saturated rings. The smallest absolute Gasteiger partial charge is 0.228 e. The molecule has 0 unspecified atom stereocenters. The number of pyridine rings is 1. The van der Waals surface area contributed by atoms with E-state index in [2.05, 4.69) is 11.1 Å². The summed E-state index contributed by atoms with van der Waals surface area (Å²) in [6, 6.07) is 4.57. The van der Waals surface area contributed by atoms with Gasteiger partial charge in [0.1, 0.15) is 5.82 Å². The molecule has 0 spiro atoms. The molecule has 15 heavy (non-hydrogen) atoms. The van der Waals surface area contributed by atoms with Crippen molar-refractivity contribution in [1.82, 2.24) is 4.98 Å². The van der Waals surface area contributed by atoms with Crippen LogP contribution in [0.4, 0.5) is 5.82 Å². The predicted octanol–water partition coefficient (Wildman–Crippen LogP) is 1.69. The SMILES string of the molecule is O=C1CC[C@H]2C[C@H]3c4cccnc4N1[C@@H]23. The first-order chi connectivity index (χ1) is 7.36. The van der Waals surface area contributed by atoms with E-state index in [1.807, 2.05) is 11.0 Å². The van der Waals surface area contributed by atoms with Gasteiger partial charge in [-0.15, -0.1) is 0 Å². The van der Waals surface area contributed by atoms with Crippen LogP contribution in [0.2, 0.25) is 0 Å². The molecular weight excluding hydrogens is 188 g/mol. The van der Waals surface area contributed by atoms with Crippen LogP contribution in [0.5, 0.6) is 0 Å². The zero-order chi connectivity index (χ0) is 9.99. The largest absolute Gasteiger partial charge is 0.293 e. The summed E-state index contributed by atoms with van der Waals surface area (Å²) in [5.41, 5.74) is 1.30. The molecule has 0 N–H and O–H groups in total. The van der Waals surface area contributed by atoms with Crippen LogP contribution in [0, 0.1) is 5.92 Å². The number of nitrogens with zero attached hydrogens (tertiary/aromatic N) is 2. The van der Waals surface area contributed by atoms with Crippen molar-refractivity contribution in [1.29, 1.82) is 0 Å². The molecule has 3 heterocycles. The van der Waals surface area contributed by atoms with E-state index in [0.717, 1.165) is 18.2 Å². The van der Waals surface area contributed by atoms with Crippen LogP contribution in [-0.4, -0.2) is 16.9 Å². The number of rotatable bonds is 0. The zero-order valence-electron chi connectivity index (χ0n) is 8.39. The Kier molecular flexibility index (Phi) is 1.26. The van der Waals surface area contributed by atoms with Gasteiger partial charge in [0.15, 0.2) is 0 Å². The van der Waals surface area contributed by atoms with Crippen molar-refractivity contribution in [3.63, 3.8) is 0 Å². The average molecular weight is 200 g/mol. The van der Waals surface area contributed by atoms with E-state index in [9.17, 15) is 4.79 Å². The van der Waals surface area contributed by atoms with Crippen LogP contribution in [0.15, 0.2) is 18.3 Å². The Balaban J connectivity index is 1.91. The number of anilines is 1. The highest BCUT2D eigenvalue weighted by Gasteiger charge is 2.55. The minimum atomic E-state index is 0.276. The van der Waals surface area contributed by atoms with Crippen LogP contribution in [0.3, 0.4) is 0 Å². The van der Waals surface area contributed by atoms with E-state index in [1.165, 1.54) is 12.0 Å². The third kappa shape index (κ3) is 0.784. The van der Waals surface area contributed by atoms with Crippen molar-refractivity contribution in [3.05, 3.63) is 23.9 Å². The minimum absolute atomic E-state index is 0.276. The summed E-state index contributed by atoms with van der Waals surface area (Å²) in [6.07, 6.45) is 4.85.